The Balaban J connectivity index is 2.27. The Kier molecular flexibility index (Phi) is 2.44. The van der Waals surface area contributed by atoms with Crippen LogP contribution in [0.2, 0.25) is 0 Å². The summed E-state index contributed by atoms with van der Waals surface area (Å²) in [6, 6.07) is 2.10. The van der Waals surface area contributed by atoms with Crippen molar-refractivity contribution in [3.63, 3.8) is 0 Å². The Labute approximate surface area is 85.3 Å². The Morgan fingerprint density at radius 2 is 2.14 bits per heavy atom. The summed E-state index contributed by atoms with van der Waals surface area (Å²) in [4.78, 5) is 4.43. The number of pyridine rings is 1. The average molecular weight is 191 g/mol. The summed E-state index contributed by atoms with van der Waals surface area (Å²) in [7, 11) is 0. The zero-order valence-corrected chi connectivity index (χ0v) is 9.08. The minimum absolute atomic E-state index is 0.435. The Hall–Kier alpha value is -1.05. The first-order valence-electron chi connectivity index (χ1n) is 5.30. The third-order valence-electron chi connectivity index (χ3n) is 2.38. The fourth-order valence-electron chi connectivity index (χ4n) is 1.45. The highest BCUT2D eigenvalue weighted by molar-refractivity contribution is 5.33. The molecule has 1 saturated carbocycles. The molecule has 2 nitrogen and oxygen atoms in total. The van der Waals surface area contributed by atoms with Gasteiger partial charge in [-0.1, -0.05) is 13.8 Å². The highest BCUT2D eigenvalue weighted by Gasteiger charge is 2.25. The van der Waals surface area contributed by atoms with Crippen molar-refractivity contribution in [3.8, 4) is 5.75 Å². The third kappa shape index (κ3) is 2.06. The van der Waals surface area contributed by atoms with Gasteiger partial charge in [0.2, 0.25) is 0 Å². The van der Waals surface area contributed by atoms with Crippen molar-refractivity contribution in [3.05, 3.63) is 23.5 Å². The van der Waals surface area contributed by atoms with Crippen molar-refractivity contribution in [1.82, 2.24) is 4.98 Å². The summed E-state index contributed by atoms with van der Waals surface area (Å²) < 4.78 is 5.84. The maximum absolute atomic E-state index is 5.84. The first kappa shape index (κ1) is 9.50. The van der Waals surface area contributed by atoms with Crippen molar-refractivity contribution in [1.29, 1.82) is 0 Å². The van der Waals surface area contributed by atoms with E-state index < -0.39 is 0 Å². The average Bonchev–Trinajstić information content (AvgIpc) is 2.87. The van der Waals surface area contributed by atoms with E-state index in [4.69, 9.17) is 4.74 Å². The molecule has 0 bridgehead atoms. The quantitative estimate of drug-likeness (QED) is 0.732. The molecule has 1 aliphatic rings. The van der Waals surface area contributed by atoms with Crippen molar-refractivity contribution >= 4 is 0 Å². The molecule has 14 heavy (non-hydrogen) atoms. The lowest BCUT2D eigenvalue weighted by molar-refractivity contribution is 0.296. The number of ether oxygens (including phenoxy) is 1. The highest BCUT2D eigenvalue weighted by Crippen LogP contribution is 2.31. The number of aromatic nitrogens is 1. The van der Waals surface area contributed by atoms with Gasteiger partial charge >= 0.3 is 0 Å². The number of rotatable bonds is 3. The zero-order valence-electron chi connectivity index (χ0n) is 9.08. The topological polar surface area (TPSA) is 22.1 Å². The lowest BCUT2D eigenvalue weighted by Crippen LogP contribution is -2.03. The first-order valence-corrected chi connectivity index (χ1v) is 5.30. The van der Waals surface area contributed by atoms with Crippen LogP contribution in [-0.4, -0.2) is 11.1 Å². The summed E-state index contributed by atoms with van der Waals surface area (Å²) in [6.45, 7) is 6.35. The van der Waals surface area contributed by atoms with Crippen molar-refractivity contribution < 1.29 is 4.74 Å². The lowest BCUT2D eigenvalue weighted by atomic mass is 10.1. The molecule has 2 rings (SSSR count). The molecule has 0 N–H and O–H groups in total. The molecule has 0 radical (unpaired) electrons. The molecule has 1 aromatic rings. The van der Waals surface area contributed by atoms with Gasteiger partial charge in [0.15, 0.2) is 0 Å². The van der Waals surface area contributed by atoms with E-state index in [1.165, 1.54) is 18.4 Å². The first-order chi connectivity index (χ1) is 6.66. The second-order valence-corrected chi connectivity index (χ2v) is 4.37. The smallest absolute Gasteiger partial charge is 0.141 e. The SMILES string of the molecule is Cc1cnc(C(C)C)c(OC2CC2)c1. The number of hydrogen-bond acceptors (Lipinski definition) is 2. The maximum atomic E-state index is 5.84. The monoisotopic (exact) mass is 191 g/mol. The van der Waals surface area contributed by atoms with Gasteiger partial charge in [-0.2, -0.15) is 0 Å². The van der Waals surface area contributed by atoms with Crippen LogP contribution in [0.5, 0.6) is 5.75 Å². The van der Waals surface area contributed by atoms with E-state index in [0.29, 0.717) is 12.0 Å². The van der Waals surface area contributed by atoms with E-state index in [1.807, 2.05) is 6.20 Å². The van der Waals surface area contributed by atoms with Gasteiger partial charge in [0.1, 0.15) is 5.75 Å². The third-order valence-corrected chi connectivity index (χ3v) is 2.38. The molecular weight excluding hydrogens is 174 g/mol. The molecule has 0 aromatic carbocycles. The van der Waals surface area contributed by atoms with Gasteiger partial charge in [0.25, 0.3) is 0 Å². The molecule has 0 atom stereocenters. The number of hydrogen-bond donors (Lipinski definition) is 0. The predicted molar refractivity (Wildman–Crippen MR) is 56.7 cm³/mol. The minimum atomic E-state index is 0.435. The molecule has 0 amide bonds. The minimum Gasteiger partial charge on any atom is -0.488 e. The van der Waals surface area contributed by atoms with Crippen LogP contribution in [-0.2, 0) is 0 Å². The van der Waals surface area contributed by atoms with Crippen LogP contribution in [0.15, 0.2) is 12.3 Å². The molecular formula is C12H17NO. The fraction of sp³-hybridized carbons (Fsp3) is 0.583. The lowest BCUT2D eigenvalue weighted by Gasteiger charge is -2.12. The molecule has 0 saturated heterocycles. The molecule has 2 heteroatoms. The van der Waals surface area contributed by atoms with E-state index in [0.717, 1.165) is 11.4 Å². The van der Waals surface area contributed by atoms with Gasteiger partial charge < -0.3 is 4.74 Å². The van der Waals surface area contributed by atoms with Crippen LogP contribution in [0.1, 0.15) is 43.9 Å². The molecule has 0 aliphatic heterocycles. The molecule has 1 heterocycles. The normalized spacial score (nSPS) is 16.0. The number of nitrogens with zero attached hydrogens (tertiary/aromatic N) is 1. The Bertz CT molecular complexity index is 329. The van der Waals surface area contributed by atoms with Crippen molar-refractivity contribution in [2.24, 2.45) is 0 Å². The molecule has 1 aromatic heterocycles. The van der Waals surface area contributed by atoms with Gasteiger partial charge in [-0.3, -0.25) is 4.98 Å². The summed E-state index contributed by atoms with van der Waals surface area (Å²) in [6.07, 6.45) is 4.77. The van der Waals surface area contributed by atoms with E-state index in [-0.39, 0.29) is 0 Å². The largest absolute Gasteiger partial charge is 0.488 e. The van der Waals surface area contributed by atoms with Crippen LogP contribution < -0.4 is 4.74 Å². The molecule has 0 unspecified atom stereocenters. The van der Waals surface area contributed by atoms with E-state index in [2.05, 4.69) is 31.8 Å². The van der Waals surface area contributed by atoms with Crippen molar-refractivity contribution in [2.75, 3.05) is 0 Å². The Morgan fingerprint density at radius 3 is 2.71 bits per heavy atom. The van der Waals surface area contributed by atoms with Crippen LogP contribution in [0.4, 0.5) is 0 Å². The second-order valence-electron chi connectivity index (χ2n) is 4.37. The van der Waals surface area contributed by atoms with Crippen LogP contribution in [0.3, 0.4) is 0 Å². The summed E-state index contributed by atoms with van der Waals surface area (Å²) in [5.74, 6) is 1.42. The Morgan fingerprint density at radius 1 is 1.43 bits per heavy atom. The fourth-order valence-corrected chi connectivity index (χ4v) is 1.45. The van der Waals surface area contributed by atoms with Crippen LogP contribution in [0, 0.1) is 6.92 Å². The summed E-state index contributed by atoms with van der Waals surface area (Å²) >= 11 is 0. The number of aryl methyl sites for hydroxylation is 1. The van der Waals surface area contributed by atoms with Gasteiger partial charge in [-0.25, -0.2) is 0 Å². The van der Waals surface area contributed by atoms with E-state index >= 15 is 0 Å². The summed E-state index contributed by atoms with van der Waals surface area (Å²) in [5, 5.41) is 0. The predicted octanol–water partition coefficient (Wildman–Crippen LogP) is 3.05. The van der Waals surface area contributed by atoms with Gasteiger partial charge in [0, 0.05) is 6.20 Å². The van der Waals surface area contributed by atoms with Gasteiger partial charge in [-0.15, -0.1) is 0 Å². The molecule has 76 valence electrons. The standard InChI is InChI=1S/C12H17NO/c1-8(2)12-11(14-10-4-5-10)6-9(3)7-13-12/h6-8,10H,4-5H2,1-3H3. The molecule has 1 fully saturated rings. The van der Waals surface area contributed by atoms with Crippen molar-refractivity contribution in [2.45, 2.75) is 45.6 Å². The van der Waals surface area contributed by atoms with E-state index in [1.54, 1.807) is 0 Å². The molecule has 1 aliphatic carbocycles. The van der Waals surface area contributed by atoms with E-state index in [9.17, 15) is 0 Å². The van der Waals surface area contributed by atoms with Gasteiger partial charge in [0.05, 0.1) is 11.8 Å². The van der Waals surface area contributed by atoms with Gasteiger partial charge in [-0.05, 0) is 37.3 Å². The maximum Gasteiger partial charge on any atom is 0.141 e. The summed E-state index contributed by atoms with van der Waals surface area (Å²) in [5.41, 5.74) is 2.26. The van der Waals surface area contributed by atoms with Crippen LogP contribution >= 0.6 is 0 Å². The van der Waals surface area contributed by atoms with Crippen LogP contribution in [0.25, 0.3) is 0 Å². The molecule has 0 spiro atoms. The zero-order chi connectivity index (χ0) is 10.1. The highest BCUT2D eigenvalue weighted by atomic mass is 16.5. The second kappa shape index (κ2) is 3.60.